The van der Waals surface area contributed by atoms with Crippen molar-refractivity contribution < 1.29 is 4.79 Å². The highest BCUT2D eigenvalue weighted by molar-refractivity contribution is 5.86. The van der Waals surface area contributed by atoms with Gasteiger partial charge in [-0.25, -0.2) is 0 Å². The molecule has 1 aliphatic heterocycles. The number of likely N-dealkylation sites (N-methyl/N-ethyl adjacent to an activating group) is 1. The van der Waals surface area contributed by atoms with E-state index in [2.05, 4.69) is 15.6 Å². The number of amides is 1. The van der Waals surface area contributed by atoms with E-state index in [1.807, 2.05) is 24.4 Å². The van der Waals surface area contributed by atoms with E-state index in [1.165, 1.54) is 6.42 Å². The molecule has 2 rings (SSSR count). The van der Waals surface area contributed by atoms with Gasteiger partial charge < -0.3 is 10.6 Å². The molecule has 4 heteroatoms. The van der Waals surface area contributed by atoms with Gasteiger partial charge in [0.2, 0.25) is 5.91 Å². The lowest BCUT2D eigenvalue weighted by atomic mass is 9.83. The third-order valence-electron chi connectivity index (χ3n) is 3.92. The van der Waals surface area contributed by atoms with Crippen molar-refractivity contribution in [3.05, 3.63) is 30.1 Å². The molecule has 4 nitrogen and oxygen atoms in total. The summed E-state index contributed by atoms with van der Waals surface area (Å²) < 4.78 is 0. The number of hydrogen-bond acceptors (Lipinski definition) is 3. The Morgan fingerprint density at radius 2 is 2.37 bits per heavy atom. The molecule has 0 spiro atoms. The molecule has 0 saturated carbocycles. The fourth-order valence-electron chi connectivity index (χ4n) is 2.85. The molecule has 0 aliphatic carbocycles. The number of rotatable bonds is 5. The molecule has 0 aromatic carbocycles. The smallest absolute Gasteiger partial charge is 0.240 e. The number of carbonyl (C=O) groups is 1. The number of piperidine rings is 1. The first-order chi connectivity index (χ1) is 9.27. The highest BCUT2D eigenvalue weighted by Gasteiger charge is 2.37. The van der Waals surface area contributed by atoms with Crippen molar-refractivity contribution in [2.75, 3.05) is 13.6 Å². The number of aromatic nitrogens is 1. The summed E-state index contributed by atoms with van der Waals surface area (Å²) in [6.45, 7) is 0.941. The molecule has 2 N–H and O–H groups in total. The van der Waals surface area contributed by atoms with Crippen LogP contribution < -0.4 is 10.6 Å². The van der Waals surface area contributed by atoms with Gasteiger partial charge in [-0.05, 0) is 57.2 Å². The first kappa shape index (κ1) is 14.0. The van der Waals surface area contributed by atoms with Gasteiger partial charge in [0, 0.05) is 18.9 Å². The van der Waals surface area contributed by atoms with E-state index in [9.17, 15) is 4.79 Å². The Labute approximate surface area is 115 Å². The molecule has 1 atom stereocenters. The van der Waals surface area contributed by atoms with Crippen LogP contribution in [0.4, 0.5) is 0 Å². The monoisotopic (exact) mass is 261 g/mol. The van der Waals surface area contributed by atoms with Gasteiger partial charge in [0.1, 0.15) is 0 Å². The Morgan fingerprint density at radius 1 is 1.47 bits per heavy atom. The lowest BCUT2D eigenvalue weighted by Gasteiger charge is -2.36. The van der Waals surface area contributed by atoms with Crippen LogP contribution >= 0.6 is 0 Å². The maximum Gasteiger partial charge on any atom is 0.240 e. The number of nitrogens with one attached hydrogen (secondary N) is 2. The Morgan fingerprint density at radius 3 is 3.00 bits per heavy atom. The molecule has 2 heterocycles. The second kappa shape index (κ2) is 6.66. The van der Waals surface area contributed by atoms with Crippen LogP contribution in [0.3, 0.4) is 0 Å². The van der Waals surface area contributed by atoms with Crippen molar-refractivity contribution in [2.45, 2.75) is 44.1 Å². The minimum Gasteiger partial charge on any atom is -0.358 e. The third-order valence-corrected chi connectivity index (χ3v) is 3.92. The lowest BCUT2D eigenvalue weighted by molar-refractivity contribution is -0.128. The van der Waals surface area contributed by atoms with Crippen LogP contribution in [0.25, 0.3) is 0 Å². The van der Waals surface area contributed by atoms with E-state index >= 15 is 0 Å². The Balaban J connectivity index is 1.91. The lowest BCUT2D eigenvalue weighted by Crippen LogP contribution is -2.58. The molecule has 1 fully saturated rings. The van der Waals surface area contributed by atoms with Crippen LogP contribution in [0.1, 0.15) is 37.8 Å². The van der Waals surface area contributed by atoms with Gasteiger partial charge >= 0.3 is 0 Å². The van der Waals surface area contributed by atoms with Gasteiger partial charge in [-0.1, -0.05) is 6.07 Å². The molecule has 1 amide bonds. The zero-order valence-electron chi connectivity index (χ0n) is 11.6. The number of hydrogen-bond donors (Lipinski definition) is 2. The standard InChI is InChI=1S/C15H23N3O/c1-16-14(19)15(9-3-5-12-18-15)10-6-8-13-7-2-4-11-17-13/h2,4,7,11,18H,3,5-6,8-10,12H2,1H3,(H,16,19)/t15-/m0/s1. The molecular weight excluding hydrogens is 238 g/mol. The summed E-state index contributed by atoms with van der Waals surface area (Å²) in [6.07, 6.45) is 7.85. The van der Waals surface area contributed by atoms with E-state index < -0.39 is 0 Å². The predicted octanol–water partition coefficient (Wildman–Crippen LogP) is 1.66. The van der Waals surface area contributed by atoms with Gasteiger partial charge in [0.15, 0.2) is 0 Å². The van der Waals surface area contributed by atoms with Gasteiger partial charge in [0.05, 0.1) is 5.54 Å². The van der Waals surface area contributed by atoms with E-state index in [0.717, 1.165) is 44.3 Å². The van der Waals surface area contributed by atoms with E-state index in [4.69, 9.17) is 0 Å². The van der Waals surface area contributed by atoms with Crippen LogP contribution in [0.2, 0.25) is 0 Å². The zero-order valence-corrected chi connectivity index (χ0v) is 11.6. The van der Waals surface area contributed by atoms with Gasteiger partial charge in [-0.15, -0.1) is 0 Å². The Bertz CT molecular complexity index is 399. The molecule has 104 valence electrons. The normalized spacial score (nSPS) is 23.0. The quantitative estimate of drug-likeness (QED) is 0.847. The highest BCUT2D eigenvalue weighted by atomic mass is 16.2. The molecule has 19 heavy (non-hydrogen) atoms. The molecule has 0 unspecified atom stereocenters. The summed E-state index contributed by atoms with van der Waals surface area (Å²) in [6, 6.07) is 5.98. The molecule has 0 bridgehead atoms. The maximum atomic E-state index is 12.1. The fourth-order valence-corrected chi connectivity index (χ4v) is 2.85. The second-order valence-corrected chi connectivity index (χ2v) is 5.22. The zero-order chi connectivity index (χ0) is 13.6. The van der Waals surface area contributed by atoms with E-state index in [0.29, 0.717) is 0 Å². The highest BCUT2D eigenvalue weighted by Crippen LogP contribution is 2.25. The topological polar surface area (TPSA) is 54.0 Å². The fraction of sp³-hybridized carbons (Fsp3) is 0.600. The second-order valence-electron chi connectivity index (χ2n) is 5.22. The first-order valence-electron chi connectivity index (χ1n) is 7.14. The van der Waals surface area contributed by atoms with Gasteiger partial charge in [-0.2, -0.15) is 0 Å². The van der Waals surface area contributed by atoms with Crippen molar-refractivity contribution in [3.8, 4) is 0 Å². The minimum absolute atomic E-state index is 0.133. The summed E-state index contributed by atoms with van der Waals surface area (Å²) >= 11 is 0. The van der Waals surface area contributed by atoms with Crippen molar-refractivity contribution in [1.29, 1.82) is 0 Å². The van der Waals surface area contributed by atoms with Crippen molar-refractivity contribution in [2.24, 2.45) is 0 Å². The van der Waals surface area contributed by atoms with Gasteiger partial charge in [0.25, 0.3) is 0 Å². The van der Waals surface area contributed by atoms with Crippen LogP contribution in [0.5, 0.6) is 0 Å². The molecule has 0 radical (unpaired) electrons. The van der Waals surface area contributed by atoms with Crippen LogP contribution in [0.15, 0.2) is 24.4 Å². The number of carbonyl (C=O) groups excluding carboxylic acids is 1. The third kappa shape index (κ3) is 3.53. The molecule has 1 saturated heterocycles. The van der Waals surface area contributed by atoms with Crippen LogP contribution in [0, 0.1) is 0 Å². The average Bonchev–Trinajstić information content (AvgIpc) is 2.48. The number of pyridine rings is 1. The Kier molecular flexibility index (Phi) is 4.91. The van der Waals surface area contributed by atoms with Gasteiger partial charge in [-0.3, -0.25) is 9.78 Å². The number of aryl methyl sites for hydroxylation is 1. The molecule has 1 aliphatic rings. The van der Waals surface area contributed by atoms with Crippen LogP contribution in [-0.4, -0.2) is 30.0 Å². The summed E-state index contributed by atoms with van der Waals surface area (Å²) in [5.41, 5.74) is 0.743. The largest absolute Gasteiger partial charge is 0.358 e. The first-order valence-corrected chi connectivity index (χ1v) is 7.14. The molecule has 1 aromatic rings. The predicted molar refractivity (Wildman–Crippen MR) is 75.8 cm³/mol. The molecular formula is C15H23N3O. The SMILES string of the molecule is CNC(=O)[C@@]1(CCCc2ccccn2)CCCCN1. The minimum atomic E-state index is -0.359. The van der Waals surface area contributed by atoms with Crippen molar-refractivity contribution in [3.63, 3.8) is 0 Å². The van der Waals surface area contributed by atoms with E-state index in [1.54, 1.807) is 7.05 Å². The Hall–Kier alpha value is -1.42. The van der Waals surface area contributed by atoms with Crippen molar-refractivity contribution >= 4 is 5.91 Å². The van der Waals surface area contributed by atoms with Crippen molar-refractivity contribution in [1.82, 2.24) is 15.6 Å². The number of nitrogens with zero attached hydrogens (tertiary/aromatic N) is 1. The summed E-state index contributed by atoms with van der Waals surface area (Å²) in [4.78, 5) is 16.5. The summed E-state index contributed by atoms with van der Waals surface area (Å²) in [5.74, 6) is 0.133. The summed E-state index contributed by atoms with van der Waals surface area (Å²) in [7, 11) is 1.72. The maximum absolute atomic E-state index is 12.1. The molecule has 1 aromatic heterocycles. The summed E-state index contributed by atoms with van der Waals surface area (Å²) in [5, 5.41) is 6.24. The average molecular weight is 261 g/mol. The van der Waals surface area contributed by atoms with Crippen LogP contribution in [-0.2, 0) is 11.2 Å². The van der Waals surface area contributed by atoms with E-state index in [-0.39, 0.29) is 11.4 Å².